The first kappa shape index (κ1) is 17.0. The summed E-state index contributed by atoms with van der Waals surface area (Å²) in [5.74, 6) is 1.27. The lowest BCUT2D eigenvalue weighted by Crippen LogP contribution is -2.06. The molecule has 3 rings (SSSR count). The van der Waals surface area contributed by atoms with Gasteiger partial charge in [0.1, 0.15) is 12.0 Å². The van der Waals surface area contributed by atoms with Crippen molar-refractivity contribution in [2.75, 3.05) is 20.8 Å². The molecule has 0 spiro atoms. The maximum atomic E-state index is 12.9. The molecule has 2 aromatic carbocycles. The predicted octanol–water partition coefficient (Wildman–Crippen LogP) is 3.40. The van der Waals surface area contributed by atoms with Crippen LogP contribution in [0.4, 0.5) is 0 Å². The molecular weight excluding hydrogens is 320 g/mol. The Balaban J connectivity index is 2.12. The van der Waals surface area contributed by atoms with E-state index in [2.05, 4.69) is 0 Å². The van der Waals surface area contributed by atoms with E-state index in [0.717, 1.165) is 16.9 Å². The summed E-state index contributed by atoms with van der Waals surface area (Å²) >= 11 is 0. The first-order chi connectivity index (χ1) is 12.2. The number of hydrogen-bond acceptors (Lipinski definition) is 5. The molecule has 0 unspecified atom stereocenters. The van der Waals surface area contributed by atoms with Crippen LogP contribution in [0.3, 0.4) is 0 Å². The van der Waals surface area contributed by atoms with Gasteiger partial charge in [-0.25, -0.2) is 0 Å². The summed E-state index contributed by atoms with van der Waals surface area (Å²) in [5.41, 5.74) is 2.48. The van der Waals surface area contributed by atoms with Crippen molar-refractivity contribution in [1.82, 2.24) is 0 Å². The zero-order valence-corrected chi connectivity index (χ0v) is 14.2. The van der Waals surface area contributed by atoms with Crippen molar-refractivity contribution < 1.29 is 19.0 Å². The van der Waals surface area contributed by atoms with Crippen molar-refractivity contribution in [3.05, 3.63) is 58.4 Å². The van der Waals surface area contributed by atoms with Gasteiger partial charge in [0.05, 0.1) is 25.2 Å². The topological polar surface area (TPSA) is 68.9 Å². The van der Waals surface area contributed by atoms with E-state index in [9.17, 15) is 4.79 Å². The molecule has 3 aromatic rings. The van der Waals surface area contributed by atoms with Crippen molar-refractivity contribution in [1.29, 1.82) is 0 Å². The highest BCUT2D eigenvalue weighted by atomic mass is 16.5. The molecule has 0 saturated heterocycles. The van der Waals surface area contributed by atoms with Gasteiger partial charge in [0.25, 0.3) is 0 Å². The fourth-order valence-corrected chi connectivity index (χ4v) is 2.88. The molecule has 1 N–H and O–H groups in total. The van der Waals surface area contributed by atoms with Crippen molar-refractivity contribution in [3.8, 4) is 22.6 Å². The molecule has 1 heterocycles. The van der Waals surface area contributed by atoms with Gasteiger partial charge in [-0.1, -0.05) is 18.2 Å². The van der Waals surface area contributed by atoms with Gasteiger partial charge in [-0.2, -0.15) is 0 Å². The van der Waals surface area contributed by atoms with Crippen LogP contribution in [0.5, 0.6) is 11.5 Å². The maximum Gasteiger partial charge on any atom is 0.200 e. The molecule has 0 aliphatic heterocycles. The number of ether oxygens (including phenoxy) is 2. The Morgan fingerprint density at radius 1 is 1.04 bits per heavy atom. The lowest BCUT2D eigenvalue weighted by Gasteiger charge is -2.11. The average Bonchev–Trinajstić information content (AvgIpc) is 2.66. The first-order valence-corrected chi connectivity index (χ1v) is 8.06. The van der Waals surface area contributed by atoms with Gasteiger partial charge in [0, 0.05) is 6.61 Å². The van der Waals surface area contributed by atoms with Gasteiger partial charge in [-0.05, 0) is 42.2 Å². The number of methoxy groups -OCH3 is 2. The third kappa shape index (κ3) is 3.23. The van der Waals surface area contributed by atoms with Crippen molar-refractivity contribution >= 4 is 11.0 Å². The monoisotopic (exact) mass is 340 g/mol. The second-order valence-corrected chi connectivity index (χ2v) is 5.67. The average molecular weight is 340 g/mol. The van der Waals surface area contributed by atoms with Crippen molar-refractivity contribution in [2.24, 2.45) is 0 Å². The van der Waals surface area contributed by atoms with E-state index in [1.165, 1.54) is 6.26 Å². The first-order valence-electron chi connectivity index (χ1n) is 8.06. The minimum absolute atomic E-state index is 0.0988. The quantitative estimate of drug-likeness (QED) is 0.745. The zero-order valence-electron chi connectivity index (χ0n) is 14.2. The van der Waals surface area contributed by atoms with Gasteiger partial charge in [0.2, 0.25) is 5.43 Å². The second kappa shape index (κ2) is 7.40. The Bertz CT molecular complexity index is 925. The molecule has 0 amide bonds. The molecule has 25 heavy (non-hydrogen) atoms. The molecular formula is C20H20O5. The predicted molar refractivity (Wildman–Crippen MR) is 96.4 cm³/mol. The van der Waals surface area contributed by atoms with E-state index in [1.54, 1.807) is 32.4 Å². The lowest BCUT2D eigenvalue weighted by atomic mass is 10.0. The van der Waals surface area contributed by atoms with Crippen LogP contribution in [0.15, 0.2) is 51.9 Å². The molecule has 0 atom stereocenters. The van der Waals surface area contributed by atoms with Crippen LogP contribution in [-0.4, -0.2) is 25.9 Å². The normalized spacial score (nSPS) is 10.8. The molecule has 0 fully saturated rings. The SMILES string of the molecule is COc1ccc(-c2coc3c(OC)c(CCCO)ccc3c2=O)cc1. The van der Waals surface area contributed by atoms with Gasteiger partial charge in [-0.3, -0.25) is 4.79 Å². The molecule has 130 valence electrons. The zero-order chi connectivity index (χ0) is 17.8. The summed E-state index contributed by atoms with van der Waals surface area (Å²) in [7, 11) is 3.15. The fraction of sp³-hybridized carbons (Fsp3) is 0.250. The van der Waals surface area contributed by atoms with E-state index < -0.39 is 0 Å². The largest absolute Gasteiger partial charge is 0.497 e. The number of aryl methyl sites for hydroxylation is 1. The number of aliphatic hydroxyl groups excluding tert-OH is 1. The summed E-state index contributed by atoms with van der Waals surface area (Å²) < 4.78 is 16.4. The molecule has 5 heteroatoms. The minimum atomic E-state index is -0.113. The third-order valence-corrected chi connectivity index (χ3v) is 4.19. The van der Waals surface area contributed by atoms with Gasteiger partial charge in [-0.15, -0.1) is 0 Å². The smallest absolute Gasteiger partial charge is 0.200 e. The van der Waals surface area contributed by atoms with Crippen molar-refractivity contribution in [2.45, 2.75) is 12.8 Å². The van der Waals surface area contributed by atoms with Crippen LogP contribution in [-0.2, 0) is 6.42 Å². The Hall–Kier alpha value is -2.79. The minimum Gasteiger partial charge on any atom is -0.497 e. The number of rotatable bonds is 6. The Labute approximate surface area is 145 Å². The molecule has 0 saturated carbocycles. The number of aliphatic hydroxyl groups is 1. The van der Waals surface area contributed by atoms with Crippen molar-refractivity contribution in [3.63, 3.8) is 0 Å². The van der Waals surface area contributed by atoms with Crippen LogP contribution < -0.4 is 14.9 Å². The van der Waals surface area contributed by atoms with E-state index in [1.807, 2.05) is 18.2 Å². The van der Waals surface area contributed by atoms with E-state index >= 15 is 0 Å². The highest BCUT2D eigenvalue weighted by Gasteiger charge is 2.15. The summed E-state index contributed by atoms with van der Waals surface area (Å²) in [6.45, 7) is 0.0988. The standard InChI is InChI=1S/C20H20O5/c1-23-15-8-5-13(6-9-15)17-12-25-20-16(18(17)22)10-7-14(4-3-11-21)19(20)24-2/h5-10,12,21H,3-4,11H2,1-2H3. The Morgan fingerprint density at radius 2 is 1.80 bits per heavy atom. The van der Waals surface area contributed by atoms with E-state index in [4.69, 9.17) is 19.0 Å². The van der Waals surface area contributed by atoms with Crippen LogP contribution in [0.25, 0.3) is 22.1 Å². The molecule has 5 nitrogen and oxygen atoms in total. The molecule has 1 aromatic heterocycles. The summed E-state index contributed by atoms with van der Waals surface area (Å²) in [6.07, 6.45) is 2.74. The highest BCUT2D eigenvalue weighted by molar-refractivity contribution is 5.87. The molecule has 0 aliphatic carbocycles. The van der Waals surface area contributed by atoms with E-state index in [-0.39, 0.29) is 12.0 Å². The third-order valence-electron chi connectivity index (χ3n) is 4.19. The number of benzene rings is 2. The Morgan fingerprint density at radius 3 is 2.44 bits per heavy atom. The molecule has 0 aliphatic rings. The fourth-order valence-electron chi connectivity index (χ4n) is 2.88. The Kier molecular flexibility index (Phi) is 5.05. The van der Waals surface area contributed by atoms with Crippen LogP contribution in [0, 0.1) is 0 Å². The van der Waals surface area contributed by atoms with Gasteiger partial charge in [0.15, 0.2) is 11.3 Å². The summed E-state index contributed by atoms with van der Waals surface area (Å²) in [6, 6.07) is 10.9. The molecule has 0 bridgehead atoms. The number of hydrogen-bond donors (Lipinski definition) is 1. The van der Waals surface area contributed by atoms with Crippen LogP contribution in [0.1, 0.15) is 12.0 Å². The lowest BCUT2D eigenvalue weighted by molar-refractivity contribution is 0.287. The molecule has 0 radical (unpaired) electrons. The van der Waals surface area contributed by atoms with Gasteiger partial charge >= 0.3 is 0 Å². The van der Waals surface area contributed by atoms with E-state index in [0.29, 0.717) is 35.1 Å². The number of fused-ring (bicyclic) bond motifs is 1. The second-order valence-electron chi connectivity index (χ2n) is 5.67. The summed E-state index contributed by atoms with van der Waals surface area (Å²) in [5, 5.41) is 9.50. The van der Waals surface area contributed by atoms with Crippen LogP contribution in [0.2, 0.25) is 0 Å². The van der Waals surface area contributed by atoms with Crippen LogP contribution >= 0.6 is 0 Å². The maximum absolute atomic E-state index is 12.9. The van der Waals surface area contributed by atoms with Gasteiger partial charge < -0.3 is 19.0 Å². The summed E-state index contributed by atoms with van der Waals surface area (Å²) in [4.78, 5) is 12.9. The highest BCUT2D eigenvalue weighted by Crippen LogP contribution is 2.31.